The van der Waals surface area contributed by atoms with Gasteiger partial charge in [-0.3, -0.25) is 4.79 Å². The van der Waals surface area contributed by atoms with Gasteiger partial charge in [-0.25, -0.2) is 4.98 Å². The van der Waals surface area contributed by atoms with Gasteiger partial charge in [0.25, 0.3) is 0 Å². The largest absolute Gasteiger partial charge is 0.356 e. The molecule has 0 bridgehead atoms. The number of aryl methyl sites for hydroxylation is 3. The lowest BCUT2D eigenvalue weighted by Crippen LogP contribution is -2.14. The van der Waals surface area contributed by atoms with Crippen LogP contribution < -0.4 is 5.32 Å². The number of anilines is 1. The average molecular weight is 365 g/mol. The molecule has 26 heavy (non-hydrogen) atoms. The van der Waals surface area contributed by atoms with E-state index in [9.17, 15) is 4.79 Å². The number of rotatable bonds is 4. The Kier molecular flexibility index (Phi) is 4.20. The van der Waals surface area contributed by atoms with Crippen LogP contribution in [0.4, 0.5) is 5.13 Å². The molecule has 0 saturated heterocycles. The lowest BCUT2D eigenvalue weighted by Gasteiger charge is -2.00. The third-order valence-corrected chi connectivity index (χ3v) is 5.35. The molecule has 0 unspecified atom stereocenters. The molecule has 1 N–H and O–H groups in total. The van der Waals surface area contributed by atoms with Gasteiger partial charge in [0, 0.05) is 5.39 Å². The SMILES string of the molecule is CCc1ccc2nc(NC(=O)Cc3noc4c(C)cc(C)cc34)sc2c1. The number of amides is 1. The number of benzene rings is 2. The number of hydrogen-bond acceptors (Lipinski definition) is 5. The number of carbonyl (C=O) groups excluding carboxylic acids is 1. The molecule has 2 aromatic carbocycles. The van der Waals surface area contributed by atoms with Gasteiger partial charge in [0.2, 0.25) is 5.91 Å². The quantitative estimate of drug-likeness (QED) is 0.564. The Bertz CT molecular complexity index is 1130. The number of thiazole rings is 1. The van der Waals surface area contributed by atoms with Crippen molar-refractivity contribution in [2.24, 2.45) is 0 Å². The minimum atomic E-state index is -0.144. The van der Waals surface area contributed by atoms with E-state index in [1.165, 1.54) is 16.9 Å². The molecule has 132 valence electrons. The summed E-state index contributed by atoms with van der Waals surface area (Å²) in [5.74, 6) is -0.144. The van der Waals surface area contributed by atoms with Crippen molar-refractivity contribution in [3.05, 3.63) is 52.7 Å². The number of aromatic nitrogens is 2. The van der Waals surface area contributed by atoms with Crippen LogP contribution in [0, 0.1) is 13.8 Å². The zero-order chi connectivity index (χ0) is 18.3. The maximum absolute atomic E-state index is 12.5. The van der Waals surface area contributed by atoms with Crippen molar-refractivity contribution in [3.8, 4) is 0 Å². The molecule has 4 rings (SSSR count). The molecule has 0 aliphatic carbocycles. The molecule has 0 aliphatic heterocycles. The van der Waals surface area contributed by atoms with Crippen molar-refractivity contribution in [1.82, 2.24) is 10.1 Å². The Hall–Kier alpha value is -2.73. The highest BCUT2D eigenvalue weighted by molar-refractivity contribution is 7.22. The monoisotopic (exact) mass is 365 g/mol. The molecule has 2 heterocycles. The topological polar surface area (TPSA) is 68.0 Å². The molecule has 0 saturated carbocycles. The van der Waals surface area contributed by atoms with Crippen LogP contribution in [-0.2, 0) is 17.6 Å². The van der Waals surface area contributed by atoms with Crippen molar-refractivity contribution >= 4 is 43.6 Å². The fourth-order valence-corrected chi connectivity index (χ4v) is 4.07. The first-order chi connectivity index (χ1) is 12.5. The average Bonchev–Trinajstić information content (AvgIpc) is 3.17. The van der Waals surface area contributed by atoms with Gasteiger partial charge in [0.15, 0.2) is 10.7 Å². The van der Waals surface area contributed by atoms with Crippen LogP contribution in [-0.4, -0.2) is 16.0 Å². The zero-order valence-corrected chi connectivity index (χ0v) is 15.7. The highest BCUT2D eigenvalue weighted by atomic mass is 32.1. The number of nitrogens with zero attached hydrogens (tertiary/aromatic N) is 2. The summed E-state index contributed by atoms with van der Waals surface area (Å²) in [6.07, 6.45) is 1.14. The first kappa shape index (κ1) is 16.7. The van der Waals surface area contributed by atoms with Crippen LogP contribution in [0.3, 0.4) is 0 Å². The molecule has 6 heteroatoms. The first-order valence-corrected chi connectivity index (χ1v) is 9.40. The van der Waals surface area contributed by atoms with E-state index in [0.717, 1.165) is 38.7 Å². The van der Waals surface area contributed by atoms with E-state index in [1.807, 2.05) is 32.0 Å². The number of fused-ring (bicyclic) bond motifs is 2. The Morgan fingerprint density at radius 1 is 1.23 bits per heavy atom. The second-order valence-corrected chi connectivity index (χ2v) is 7.52. The van der Waals surface area contributed by atoms with E-state index in [1.54, 1.807) is 0 Å². The van der Waals surface area contributed by atoms with Gasteiger partial charge >= 0.3 is 0 Å². The summed E-state index contributed by atoms with van der Waals surface area (Å²) in [6.45, 7) is 6.13. The lowest BCUT2D eigenvalue weighted by molar-refractivity contribution is -0.115. The second kappa shape index (κ2) is 6.53. The molecule has 4 aromatic rings. The van der Waals surface area contributed by atoms with E-state index in [2.05, 4.69) is 34.5 Å². The molecular weight excluding hydrogens is 346 g/mol. The minimum Gasteiger partial charge on any atom is -0.356 e. The first-order valence-electron chi connectivity index (χ1n) is 8.58. The summed E-state index contributed by atoms with van der Waals surface area (Å²) in [4.78, 5) is 17.0. The van der Waals surface area contributed by atoms with E-state index >= 15 is 0 Å². The van der Waals surface area contributed by atoms with E-state index < -0.39 is 0 Å². The van der Waals surface area contributed by atoms with Crippen LogP contribution >= 0.6 is 11.3 Å². The van der Waals surface area contributed by atoms with Gasteiger partial charge in [-0.15, -0.1) is 0 Å². The third kappa shape index (κ3) is 3.08. The minimum absolute atomic E-state index is 0.144. The Morgan fingerprint density at radius 2 is 2.08 bits per heavy atom. The molecule has 0 radical (unpaired) electrons. The highest BCUT2D eigenvalue weighted by Crippen LogP contribution is 2.28. The summed E-state index contributed by atoms with van der Waals surface area (Å²) in [5.41, 5.74) is 5.71. The smallest absolute Gasteiger partial charge is 0.232 e. The van der Waals surface area contributed by atoms with Crippen LogP contribution in [0.1, 0.15) is 29.3 Å². The molecule has 0 spiro atoms. The van der Waals surface area contributed by atoms with Gasteiger partial charge in [-0.05, 0) is 55.2 Å². The van der Waals surface area contributed by atoms with E-state index in [0.29, 0.717) is 10.8 Å². The number of hydrogen-bond donors (Lipinski definition) is 1. The van der Waals surface area contributed by atoms with Gasteiger partial charge in [-0.1, -0.05) is 35.5 Å². The van der Waals surface area contributed by atoms with Crippen LogP contribution in [0.15, 0.2) is 34.9 Å². The van der Waals surface area contributed by atoms with Crippen molar-refractivity contribution in [3.63, 3.8) is 0 Å². The summed E-state index contributed by atoms with van der Waals surface area (Å²) in [5, 5.41) is 8.49. The molecule has 1 amide bonds. The van der Waals surface area contributed by atoms with Crippen LogP contribution in [0.25, 0.3) is 21.2 Å². The predicted molar refractivity (Wildman–Crippen MR) is 105 cm³/mol. The zero-order valence-electron chi connectivity index (χ0n) is 14.9. The Balaban J connectivity index is 1.56. The normalized spacial score (nSPS) is 11.3. The Labute approximate surface area is 155 Å². The standard InChI is InChI=1S/C20H19N3O2S/c1-4-13-5-6-15-17(9-13)26-20(21-15)22-18(24)10-16-14-8-11(2)7-12(3)19(14)25-23-16/h5-9H,4,10H2,1-3H3,(H,21,22,24). The van der Waals surface area contributed by atoms with Gasteiger partial charge in [0.1, 0.15) is 5.69 Å². The van der Waals surface area contributed by atoms with Gasteiger partial charge in [-0.2, -0.15) is 0 Å². The number of nitrogens with one attached hydrogen (secondary N) is 1. The number of carbonyl (C=O) groups is 1. The van der Waals surface area contributed by atoms with Crippen LogP contribution in [0.2, 0.25) is 0 Å². The van der Waals surface area contributed by atoms with E-state index in [4.69, 9.17) is 4.52 Å². The highest BCUT2D eigenvalue weighted by Gasteiger charge is 2.16. The molecular formula is C20H19N3O2S. The summed E-state index contributed by atoms with van der Waals surface area (Å²) in [7, 11) is 0. The molecule has 0 fully saturated rings. The van der Waals surface area contributed by atoms with Crippen molar-refractivity contribution in [2.75, 3.05) is 5.32 Å². The molecule has 2 aromatic heterocycles. The van der Waals surface area contributed by atoms with Crippen molar-refractivity contribution < 1.29 is 9.32 Å². The molecule has 0 aliphatic rings. The third-order valence-electron chi connectivity index (χ3n) is 4.41. The molecule has 0 atom stereocenters. The maximum atomic E-state index is 12.5. The van der Waals surface area contributed by atoms with Crippen molar-refractivity contribution in [2.45, 2.75) is 33.6 Å². The fraction of sp³-hybridized carbons (Fsp3) is 0.250. The predicted octanol–water partition coefficient (Wildman–Crippen LogP) is 4.80. The van der Waals surface area contributed by atoms with Crippen LogP contribution in [0.5, 0.6) is 0 Å². The fourth-order valence-electron chi connectivity index (χ4n) is 3.13. The summed E-state index contributed by atoms with van der Waals surface area (Å²) >= 11 is 1.49. The Morgan fingerprint density at radius 3 is 2.88 bits per heavy atom. The lowest BCUT2D eigenvalue weighted by atomic mass is 10.1. The van der Waals surface area contributed by atoms with Gasteiger partial charge in [0.05, 0.1) is 16.6 Å². The molecule has 5 nitrogen and oxygen atoms in total. The summed E-state index contributed by atoms with van der Waals surface area (Å²) < 4.78 is 6.50. The van der Waals surface area contributed by atoms with E-state index in [-0.39, 0.29) is 12.3 Å². The maximum Gasteiger partial charge on any atom is 0.232 e. The van der Waals surface area contributed by atoms with Crippen molar-refractivity contribution in [1.29, 1.82) is 0 Å². The second-order valence-electron chi connectivity index (χ2n) is 6.49. The van der Waals surface area contributed by atoms with Gasteiger partial charge < -0.3 is 9.84 Å². The summed E-state index contributed by atoms with van der Waals surface area (Å²) in [6, 6.07) is 10.2.